The number of rotatable bonds is 7. The van der Waals surface area contributed by atoms with Crippen molar-refractivity contribution in [3.8, 4) is 0 Å². The van der Waals surface area contributed by atoms with Crippen LogP contribution in [0.5, 0.6) is 0 Å². The molecule has 1 fully saturated rings. The molecule has 1 aliphatic carbocycles. The number of ether oxygens (including phenoxy) is 1. The fourth-order valence-electron chi connectivity index (χ4n) is 2.63. The van der Waals surface area contributed by atoms with Gasteiger partial charge in [-0.25, -0.2) is 0 Å². The van der Waals surface area contributed by atoms with Crippen LogP contribution in [0.25, 0.3) is 0 Å². The standard InChI is InChI=1S/C16H24ClNO/c1-2-11-18-12-16(19-13-7-3-4-8-13)14-9-5-6-10-15(14)17/h5-6,9-10,13,16,18H,2-4,7-8,11-12H2,1H3. The number of halogens is 1. The minimum atomic E-state index is 0.0725. The van der Waals surface area contributed by atoms with Gasteiger partial charge in [-0.15, -0.1) is 0 Å². The third-order valence-corrected chi connectivity index (χ3v) is 4.01. The third kappa shape index (κ3) is 4.48. The SMILES string of the molecule is CCCNCC(OC1CCCC1)c1ccccc1Cl. The summed E-state index contributed by atoms with van der Waals surface area (Å²) in [7, 11) is 0. The van der Waals surface area contributed by atoms with Crippen molar-refractivity contribution >= 4 is 11.6 Å². The molecule has 0 aliphatic heterocycles. The number of nitrogens with one attached hydrogen (secondary N) is 1. The number of benzene rings is 1. The molecule has 1 aliphatic rings. The third-order valence-electron chi connectivity index (χ3n) is 3.67. The van der Waals surface area contributed by atoms with Gasteiger partial charge < -0.3 is 10.1 Å². The van der Waals surface area contributed by atoms with Crippen LogP contribution in [0, 0.1) is 0 Å². The zero-order valence-electron chi connectivity index (χ0n) is 11.7. The molecule has 1 aromatic carbocycles. The van der Waals surface area contributed by atoms with Crippen LogP contribution < -0.4 is 5.32 Å². The van der Waals surface area contributed by atoms with Crippen molar-refractivity contribution in [1.29, 1.82) is 0 Å². The van der Waals surface area contributed by atoms with E-state index in [2.05, 4.69) is 18.3 Å². The van der Waals surface area contributed by atoms with Crippen molar-refractivity contribution in [2.45, 2.75) is 51.2 Å². The van der Waals surface area contributed by atoms with Gasteiger partial charge in [0.1, 0.15) is 0 Å². The average molecular weight is 282 g/mol. The monoisotopic (exact) mass is 281 g/mol. The second-order valence-electron chi connectivity index (χ2n) is 5.26. The summed E-state index contributed by atoms with van der Waals surface area (Å²) >= 11 is 6.31. The van der Waals surface area contributed by atoms with Gasteiger partial charge in [-0.1, -0.05) is 49.6 Å². The predicted molar refractivity (Wildman–Crippen MR) is 80.7 cm³/mol. The first-order valence-electron chi connectivity index (χ1n) is 7.42. The Kier molecular flexibility index (Phi) is 6.15. The second-order valence-corrected chi connectivity index (χ2v) is 5.66. The van der Waals surface area contributed by atoms with E-state index in [1.807, 2.05) is 18.2 Å². The maximum absolute atomic E-state index is 6.31. The molecule has 19 heavy (non-hydrogen) atoms. The average Bonchev–Trinajstić information content (AvgIpc) is 2.91. The van der Waals surface area contributed by atoms with Crippen LogP contribution in [0.2, 0.25) is 5.02 Å². The van der Waals surface area contributed by atoms with Gasteiger partial charge in [-0.3, -0.25) is 0 Å². The highest BCUT2D eigenvalue weighted by Gasteiger charge is 2.22. The molecule has 0 spiro atoms. The Bertz CT molecular complexity index is 377. The van der Waals surface area contributed by atoms with E-state index >= 15 is 0 Å². The molecule has 0 saturated heterocycles. The van der Waals surface area contributed by atoms with Crippen LogP contribution in [0.4, 0.5) is 0 Å². The highest BCUT2D eigenvalue weighted by molar-refractivity contribution is 6.31. The molecule has 0 radical (unpaired) electrons. The normalized spacial score (nSPS) is 17.8. The van der Waals surface area contributed by atoms with Crippen molar-refractivity contribution < 1.29 is 4.74 Å². The summed E-state index contributed by atoms with van der Waals surface area (Å²) in [6.45, 7) is 4.04. The van der Waals surface area contributed by atoms with Gasteiger partial charge in [0.2, 0.25) is 0 Å². The maximum atomic E-state index is 6.31. The Morgan fingerprint density at radius 1 is 1.32 bits per heavy atom. The van der Waals surface area contributed by atoms with E-state index in [0.29, 0.717) is 6.10 Å². The molecular formula is C16H24ClNO. The molecular weight excluding hydrogens is 258 g/mol. The summed E-state index contributed by atoms with van der Waals surface area (Å²) in [6.07, 6.45) is 6.58. The minimum Gasteiger partial charge on any atom is -0.369 e. The smallest absolute Gasteiger partial charge is 0.0967 e. The molecule has 1 N–H and O–H groups in total. The summed E-state index contributed by atoms with van der Waals surface area (Å²) < 4.78 is 6.28. The molecule has 2 rings (SSSR count). The molecule has 1 aromatic rings. The van der Waals surface area contributed by atoms with Crippen LogP contribution in [-0.2, 0) is 4.74 Å². The molecule has 1 saturated carbocycles. The Labute approximate surface area is 121 Å². The van der Waals surface area contributed by atoms with Crippen molar-refractivity contribution in [1.82, 2.24) is 5.32 Å². The first kappa shape index (κ1) is 14.8. The van der Waals surface area contributed by atoms with Gasteiger partial charge in [0.15, 0.2) is 0 Å². The van der Waals surface area contributed by atoms with Gasteiger partial charge >= 0.3 is 0 Å². The molecule has 3 heteroatoms. The van der Waals surface area contributed by atoms with Gasteiger partial charge in [0.05, 0.1) is 12.2 Å². The van der Waals surface area contributed by atoms with Crippen LogP contribution in [0.3, 0.4) is 0 Å². The van der Waals surface area contributed by atoms with Crippen molar-refractivity contribution in [2.75, 3.05) is 13.1 Å². The lowest BCUT2D eigenvalue weighted by Crippen LogP contribution is -2.26. The quantitative estimate of drug-likeness (QED) is 0.751. The predicted octanol–water partition coefficient (Wildman–Crippen LogP) is 4.34. The summed E-state index contributed by atoms with van der Waals surface area (Å²) in [6, 6.07) is 8.03. The second kappa shape index (κ2) is 7.88. The molecule has 0 aromatic heterocycles. The Morgan fingerprint density at radius 3 is 2.74 bits per heavy atom. The summed E-state index contributed by atoms with van der Waals surface area (Å²) in [5.41, 5.74) is 1.11. The van der Waals surface area contributed by atoms with E-state index in [-0.39, 0.29) is 6.10 Å². The first-order chi connectivity index (χ1) is 9.31. The van der Waals surface area contributed by atoms with E-state index < -0.39 is 0 Å². The zero-order chi connectivity index (χ0) is 13.5. The highest BCUT2D eigenvalue weighted by Crippen LogP contribution is 2.30. The highest BCUT2D eigenvalue weighted by atomic mass is 35.5. The van der Waals surface area contributed by atoms with E-state index in [0.717, 1.165) is 30.1 Å². The van der Waals surface area contributed by atoms with Crippen LogP contribution >= 0.6 is 11.6 Å². The molecule has 1 atom stereocenters. The van der Waals surface area contributed by atoms with Crippen LogP contribution in [0.1, 0.15) is 50.7 Å². The molecule has 0 amide bonds. The fraction of sp³-hybridized carbons (Fsp3) is 0.625. The number of hydrogen-bond donors (Lipinski definition) is 1. The largest absolute Gasteiger partial charge is 0.369 e. The summed E-state index contributed by atoms with van der Waals surface area (Å²) in [5, 5.41) is 4.26. The lowest BCUT2D eigenvalue weighted by Gasteiger charge is -2.23. The van der Waals surface area contributed by atoms with Gasteiger partial charge in [0, 0.05) is 17.1 Å². The molecule has 0 bridgehead atoms. The van der Waals surface area contributed by atoms with Gasteiger partial charge in [-0.2, -0.15) is 0 Å². The molecule has 106 valence electrons. The summed E-state index contributed by atoms with van der Waals surface area (Å²) in [5.74, 6) is 0. The molecule has 0 heterocycles. The molecule has 1 unspecified atom stereocenters. The number of hydrogen-bond acceptors (Lipinski definition) is 2. The van der Waals surface area contributed by atoms with Crippen LogP contribution in [0.15, 0.2) is 24.3 Å². The Hall–Kier alpha value is -0.570. The van der Waals surface area contributed by atoms with E-state index in [9.17, 15) is 0 Å². The van der Waals surface area contributed by atoms with Crippen molar-refractivity contribution in [3.63, 3.8) is 0 Å². The fourth-order valence-corrected chi connectivity index (χ4v) is 2.89. The lowest BCUT2D eigenvalue weighted by molar-refractivity contribution is -0.00858. The summed E-state index contributed by atoms with van der Waals surface area (Å²) in [4.78, 5) is 0. The topological polar surface area (TPSA) is 21.3 Å². The molecule has 2 nitrogen and oxygen atoms in total. The minimum absolute atomic E-state index is 0.0725. The van der Waals surface area contributed by atoms with Crippen molar-refractivity contribution in [2.24, 2.45) is 0 Å². The van der Waals surface area contributed by atoms with E-state index in [4.69, 9.17) is 16.3 Å². The Morgan fingerprint density at radius 2 is 2.05 bits per heavy atom. The van der Waals surface area contributed by atoms with E-state index in [1.165, 1.54) is 25.7 Å². The zero-order valence-corrected chi connectivity index (χ0v) is 12.5. The maximum Gasteiger partial charge on any atom is 0.0967 e. The van der Waals surface area contributed by atoms with Crippen molar-refractivity contribution in [3.05, 3.63) is 34.9 Å². The lowest BCUT2D eigenvalue weighted by atomic mass is 10.1. The Balaban J connectivity index is 2.02. The first-order valence-corrected chi connectivity index (χ1v) is 7.79. The van der Waals surface area contributed by atoms with Gasteiger partial charge in [0.25, 0.3) is 0 Å². The van der Waals surface area contributed by atoms with E-state index in [1.54, 1.807) is 0 Å². The van der Waals surface area contributed by atoms with Gasteiger partial charge in [-0.05, 0) is 31.9 Å². The van der Waals surface area contributed by atoms with Crippen LogP contribution in [-0.4, -0.2) is 19.2 Å².